The molecule has 4 N–H and O–H groups in total. The second-order valence-corrected chi connectivity index (χ2v) is 5.15. The number of aromatic nitrogens is 2. The van der Waals surface area contributed by atoms with Gasteiger partial charge in [-0.3, -0.25) is 9.82 Å². The van der Waals surface area contributed by atoms with Crippen LogP contribution in [-0.2, 0) is 10.0 Å². The molecule has 0 spiro atoms. The number of nitrogens with zero attached hydrogens (tertiary/aromatic N) is 1. The van der Waals surface area contributed by atoms with Crippen molar-refractivity contribution in [3.8, 4) is 0 Å². The lowest BCUT2D eigenvalue weighted by Gasteiger charge is -2.08. The van der Waals surface area contributed by atoms with Gasteiger partial charge in [-0.05, 0) is 0 Å². The number of H-pyrrole nitrogens is 1. The fraction of sp³-hybridized carbons (Fsp3) is 0. The second kappa shape index (κ2) is 4.46. The fourth-order valence-electron chi connectivity index (χ4n) is 1.30. The maximum atomic E-state index is 13.3. The van der Waals surface area contributed by atoms with Crippen molar-refractivity contribution >= 4 is 21.5 Å². The fourth-order valence-corrected chi connectivity index (χ4v) is 2.38. The summed E-state index contributed by atoms with van der Waals surface area (Å²) in [6.07, 6.45) is 0.898. The molecule has 0 fully saturated rings. The third kappa shape index (κ3) is 2.47. The largest absolute Gasteiger partial charge is 0.383 e. The van der Waals surface area contributed by atoms with Crippen LogP contribution in [0.15, 0.2) is 23.2 Å². The van der Waals surface area contributed by atoms with E-state index < -0.39 is 38.1 Å². The van der Waals surface area contributed by atoms with Gasteiger partial charge in [0.15, 0.2) is 11.6 Å². The molecule has 0 aliphatic carbocycles. The van der Waals surface area contributed by atoms with Crippen LogP contribution in [0.3, 0.4) is 0 Å². The van der Waals surface area contributed by atoms with E-state index in [1.807, 2.05) is 0 Å². The van der Waals surface area contributed by atoms with Crippen LogP contribution in [0.4, 0.5) is 24.7 Å². The van der Waals surface area contributed by atoms with E-state index in [0.29, 0.717) is 6.07 Å². The monoisotopic (exact) mass is 292 g/mol. The first-order valence-electron chi connectivity index (χ1n) is 4.77. The number of hydrogen-bond donors (Lipinski definition) is 3. The van der Waals surface area contributed by atoms with Gasteiger partial charge in [-0.25, -0.2) is 21.6 Å². The number of halogens is 3. The number of benzene rings is 1. The maximum Gasteiger partial charge on any atom is 0.267 e. The van der Waals surface area contributed by atoms with Gasteiger partial charge in [0.25, 0.3) is 10.0 Å². The Bertz CT molecular complexity index is 729. The Morgan fingerprint density at radius 1 is 1.16 bits per heavy atom. The average Bonchev–Trinajstić information content (AvgIpc) is 2.73. The molecule has 0 bridgehead atoms. The Hall–Kier alpha value is -2.23. The number of hydrogen-bond acceptors (Lipinski definition) is 4. The first kappa shape index (κ1) is 13.2. The maximum absolute atomic E-state index is 13.3. The molecule has 0 unspecified atom stereocenters. The molecule has 0 saturated carbocycles. The summed E-state index contributed by atoms with van der Waals surface area (Å²) < 4.78 is 64.3. The van der Waals surface area contributed by atoms with Crippen LogP contribution in [-0.4, -0.2) is 18.6 Å². The van der Waals surface area contributed by atoms with Gasteiger partial charge >= 0.3 is 0 Å². The highest BCUT2D eigenvalue weighted by Gasteiger charge is 2.22. The van der Waals surface area contributed by atoms with Crippen molar-refractivity contribution in [3.63, 3.8) is 0 Å². The number of nitrogens with one attached hydrogen (secondary N) is 2. The molecule has 19 heavy (non-hydrogen) atoms. The Balaban J connectivity index is 2.42. The van der Waals surface area contributed by atoms with E-state index >= 15 is 0 Å². The molecule has 2 aromatic rings. The van der Waals surface area contributed by atoms with E-state index in [2.05, 4.69) is 10.2 Å². The zero-order valence-corrected chi connectivity index (χ0v) is 9.93. The lowest BCUT2D eigenvalue weighted by molar-refractivity contribution is 0.496. The van der Waals surface area contributed by atoms with Crippen LogP contribution in [0.25, 0.3) is 0 Å². The summed E-state index contributed by atoms with van der Waals surface area (Å²) in [4.78, 5) is -0.434. The summed E-state index contributed by atoms with van der Waals surface area (Å²) in [6, 6.07) is 0.615. The van der Waals surface area contributed by atoms with Gasteiger partial charge in [0.05, 0.1) is 11.9 Å². The zero-order chi connectivity index (χ0) is 14.2. The first-order valence-corrected chi connectivity index (χ1v) is 6.26. The summed E-state index contributed by atoms with van der Waals surface area (Å²) in [6.45, 7) is 0. The summed E-state index contributed by atoms with van der Waals surface area (Å²) in [5.41, 5.74) is 4.57. The molecule has 0 aliphatic heterocycles. The van der Waals surface area contributed by atoms with Crippen molar-refractivity contribution < 1.29 is 21.6 Å². The number of rotatable bonds is 3. The minimum absolute atomic E-state index is 0.228. The topological polar surface area (TPSA) is 101 Å². The van der Waals surface area contributed by atoms with Gasteiger partial charge in [0.1, 0.15) is 16.5 Å². The second-order valence-electron chi connectivity index (χ2n) is 3.50. The minimum Gasteiger partial charge on any atom is -0.383 e. The van der Waals surface area contributed by atoms with Crippen molar-refractivity contribution in [2.24, 2.45) is 0 Å². The molecule has 2 rings (SSSR count). The predicted molar refractivity (Wildman–Crippen MR) is 60.1 cm³/mol. The smallest absolute Gasteiger partial charge is 0.267 e. The Morgan fingerprint density at radius 2 is 1.79 bits per heavy atom. The van der Waals surface area contributed by atoms with Gasteiger partial charge in [-0.1, -0.05) is 0 Å². The zero-order valence-electron chi connectivity index (χ0n) is 9.12. The van der Waals surface area contributed by atoms with Crippen molar-refractivity contribution in [2.45, 2.75) is 4.90 Å². The number of sulfonamides is 1. The average molecular weight is 292 g/mol. The lowest BCUT2D eigenvalue weighted by atomic mass is 10.3. The number of aromatic amines is 1. The van der Waals surface area contributed by atoms with Crippen LogP contribution in [0.1, 0.15) is 0 Å². The summed E-state index contributed by atoms with van der Waals surface area (Å²) in [5.74, 6) is -4.34. The molecule has 102 valence electrons. The Kier molecular flexibility index (Phi) is 3.10. The van der Waals surface area contributed by atoms with Crippen LogP contribution in [0, 0.1) is 17.5 Å². The summed E-state index contributed by atoms with van der Waals surface area (Å²) in [5, 5.41) is 5.56. The number of nitrogen functional groups attached to an aromatic ring is 1. The highest BCUT2D eigenvalue weighted by Crippen LogP contribution is 2.23. The molecule has 0 radical (unpaired) electrons. The lowest BCUT2D eigenvalue weighted by Crippen LogP contribution is -2.15. The quantitative estimate of drug-likeness (QED) is 0.740. The number of nitrogens with two attached hydrogens (primary N) is 1. The van der Waals surface area contributed by atoms with E-state index in [1.165, 1.54) is 0 Å². The van der Waals surface area contributed by atoms with E-state index in [4.69, 9.17) is 5.73 Å². The Labute approximate surface area is 105 Å². The number of anilines is 2. The standard InChI is InChI=1S/C9H7F3N4O2S/c10-4-1-6(12)7(2-5(4)11)16-19(17,18)8-3-14-15-9(8)13/h1-3,16H,(H3,13,14,15). The van der Waals surface area contributed by atoms with Crippen molar-refractivity contribution in [1.82, 2.24) is 10.2 Å². The third-order valence-corrected chi connectivity index (χ3v) is 3.57. The summed E-state index contributed by atoms with van der Waals surface area (Å²) >= 11 is 0. The van der Waals surface area contributed by atoms with E-state index in [-0.39, 0.29) is 11.9 Å². The predicted octanol–water partition coefficient (Wildman–Crippen LogP) is 1.21. The van der Waals surface area contributed by atoms with Crippen LogP contribution in [0.5, 0.6) is 0 Å². The molecule has 0 saturated heterocycles. The van der Waals surface area contributed by atoms with Crippen LogP contribution in [0.2, 0.25) is 0 Å². The van der Waals surface area contributed by atoms with E-state index in [0.717, 1.165) is 6.20 Å². The van der Waals surface area contributed by atoms with Gasteiger partial charge in [0.2, 0.25) is 0 Å². The normalized spacial score (nSPS) is 11.5. The van der Waals surface area contributed by atoms with Gasteiger partial charge in [0, 0.05) is 12.1 Å². The minimum atomic E-state index is -4.25. The van der Waals surface area contributed by atoms with E-state index in [9.17, 15) is 21.6 Å². The van der Waals surface area contributed by atoms with Gasteiger partial charge in [-0.15, -0.1) is 0 Å². The SMILES string of the molecule is Nc1[nH]ncc1S(=O)(=O)Nc1cc(F)c(F)cc1F. The molecule has 1 aromatic heterocycles. The highest BCUT2D eigenvalue weighted by atomic mass is 32.2. The Morgan fingerprint density at radius 3 is 2.37 bits per heavy atom. The molecule has 0 amide bonds. The molecule has 6 nitrogen and oxygen atoms in total. The molecule has 1 heterocycles. The highest BCUT2D eigenvalue weighted by molar-refractivity contribution is 7.92. The molecule has 10 heteroatoms. The first-order chi connectivity index (χ1) is 8.81. The third-order valence-electron chi connectivity index (χ3n) is 2.18. The van der Waals surface area contributed by atoms with Crippen LogP contribution < -0.4 is 10.5 Å². The van der Waals surface area contributed by atoms with E-state index in [1.54, 1.807) is 4.72 Å². The van der Waals surface area contributed by atoms with Crippen LogP contribution >= 0.6 is 0 Å². The molecule has 0 aliphatic rings. The van der Waals surface area contributed by atoms with Crippen molar-refractivity contribution in [1.29, 1.82) is 0 Å². The molecule has 0 atom stereocenters. The van der Waals surface area contributed by atoms with Gasteiger partial charge < -0.3 is 5.73 Å². The van der Waals surface area contributed by atoms with Crippen molar-refractivity contribution in [3.05, 3.63) is 35.8 Å². The molecular formula is C9H7F3N4O2S. The molecular weight excluding hydrogens is 285 g/mol. The summed E-state index contributed by atoms with van der Waals surface area (Å²) in [7, 11) is -4.25. The molecule has 1 aromatic carbocycles. The van der Waals surface area contributed by atoms with Gasteiger partial charge in [-0.2, -0.15) is 5.10 Å². The van der Waals surface area contributed by atoms with Crippen molar-refractivity contribution in [2.75, 3.05) is 10.5 Å².